The molecule has 0 unspecified atom stereocenters. The number of carbonyl (C=O) groups excluding carboxylic acids is 12. The van der Waals surface area contributed by atoms with Crippen LogP contribution < -0.4 is 10.2 Å². The number of esters is 8. The Balaban J connectivity index is -0.000000886. The average Bonchev–Trinajstić information content (AvgIpc) is 2.95. The molecule has 0 radical (unpaired) electrons. The van der Waals surface area contributed by atoms with E-state index in [2.05, 4.69) is 18.9 Å². The first-order valence-corrected chi connectivity index (χ1v) is 13.7. The fraction of sp³-hybridized carbons (Fsp3) is 0.571. The van der Waals surface area contributed by atoms with Gasteiger partial charge in [-0.1, -0.05) is 0 Å². The molecular formula is C28H34O22Pt. The van der Waals surface area contributed by atoms with Crippen molar-refractivity contribution in [3.05, 3.63) is 0 Å². The molecule has 8 atom stereocenters. The molecule has 23 heteroatoms. The molecule has 0 spiro atoms. The zero-order valence-corrected chi connectivity index (χ0v) is 30.3. The smallest absolute Gasteiger partial charge is 0.546 e. The minimum Gasteiger partial charge on any atom is -0.546 e. The maximum atomic E-state index is 11.3. The number of hydrogen-bond acceptors (Lipinski definition) is 22. The predicted octanol–water partition coefficient (Wildman–Crippen LogP) is -4.68. The minimum absolute atomic E-state index is 0. The summed E-state index contributed by atoms with van der Waals surface area (Å²) < 4.78 is 37.3. The second-order valence-corrected chi connectivity index (χ2v) is 9.41. The van der Waals surface area contributed by atoms with Crippen LogP contribution in [0.25, 0.3) is 0 Å². The molecule has 0 aliphatic heterocycles. The molecule has 0 aromatic rings. The van der Waals surface area contributed by atoms with Crippen molar-refractivity contribution in [3.8, 4) is 0 Å². The summed E-state index contributed by atoms with van der Waals surface area (Å²) in [5.74, 6) is -12.2. The molecule has 0 amide bonds. The second-order valence-electron chi connectivity index (χ2n) is 9.41. The number of ether oxygens (including phenoxy) is 8. The minimum atomic E-state index is -2.23. The molecule has 0 aliphatic rings. The van der Waals surface area contributed by atoms with Crippen molar-refractivity contribution in [2.24, 2.45) is 0 Å². The van der Waals surface area contributed by atoms with Gasteiger partial charge in [-0.25, -0.2) is 0 Å². The Hall–Kier alpha value is -5.27. The molecule has 0 heterocycles. The van der Waals surface area contributed by atoms with Crippen LogP contribution in [0.5, 0.6) is 0 Å². The van der Waals surface area contributed by atoms with Gasteiger partial charge in [-0.3, -0.25) is 47.9 Å². The van der Waals surface area contributed by atoms with Crippen molar-refractivity contribution in [1.82, 2.24) is 0 Å². The number of aldehydes is 2. The van der Waals surface area contributed by atoms with E-state index in [1.807, 2.05) is 0 Å². The van der Waals surface area contributed by atoms with Crippen molar-refractivity contribution in [2.75, 3.05) is 0 Å². The van der Waals surface area contributed by atoms with Gasteiger partial charge in [0.1, 0.15) is 0 Å². The van der Waals surface area contributed by atoms with Crippen LogP contribution in [-0.4, -0.2) is 121 Å². The fourth-order valence-corrected chi connectivity index (χ4v) is 3.59. The van der Waals surface area contributed by atoms with E-state index in [1.54, 1.807) is 0 Å². The van der Waals surface area contributed by atoms with E-state index in [9.17, 15) is 67.7 Å². The van der Waals surface area contributed by atoms with Crippen LogP contribution in [0.15, 0.2) is 0 Å². The van der Waals surface area contributed by atoms with E-state index >= 15 is 0 Å². The predicted molar refractivity (Wildman–Crippen MR) is 147 cm³/mol. The van der Waals surface area contributed by atoms with Gasteiger partial charge in [0.25, 0.3) is 0 Å². The van der Waals surface area contributed by atoms with Crippen LogP contribution in [0.2, 0.25) is 0 Å². The van der Waals surface area contributed by atoms with E-state index in [0.29, 0.717) is 0 Å². The third kappa shape index (κ3) is 20.8. The monoisotopic (exact) mass is 917 g/mol. The summed E-state index contributed by atoms with van der Waals surface area (Å²) in [6.07, 6.45) is -15.9. The van der Waals surface area contributed by atoms with E-state index in [0.717, 1.165) is 55.4 Å². The molecule has 0 aromatic carbocycles. The van der Waals surface area contributed by atoms with E-state index in [-0.39, 0.29) is 33.6 Å². The van der Waals surface area contributed by atoms with Gasteiger partial charge in [0, 0.05) is 55.4 Å². The summed E-state index contributed by atoms with van der Waals surface area (Å²) in [4.78, 5) is 134. The van der Waals surface area contributed by atoms with Crippen molar-refractivity contribution >= 4 is 72.3 Å². The zero-order valence-electron chi connectivity index (χ0n) is 28.1. The van der Waals surface area contributed by atoms with E-state index in [4.69, 9.17) is 18.9 Å². The molecule has 0 fully saturated rings. The van der Waals surface area contributed by atoms with Gasteiger partial charge < -0.3 is 57.7 Å². The molecular weight excluding hydrogens is 883 g/mol. The molecule has 0 N–H and O–H groups in total. The molecule has 0 aliphatic carbocycles. The maximum Gasteiger partial charge on any atom is 2.00 e. The molecule has 22 nitrogen and oxygen atoms in total. The summed E-state index contributed by atoms with van der Waals surface area (Å²) in [6.45, 7) is 7.20. The Labute approximate surface area is 302 Å². The third-order valence-corrected chi connectivity index (χ3v) is 5.02. The van der Waals surface area contributed by atoms with Crippen LogP contribution in [0.3, 0.4) is 0 Å². The van der Waals surface area contributed by atoms with Crippen molar-refractivity contribution in [3.63, 3.8) is 0 Å². The summed E-state index contributed by atoms with van der Waals surface area (Å²) in [5, 5.41) is 22.5. The Morgan fingerprint density at radius 2 is 0.569 bits per heavy atom. The summed E-state index contributed by atoms with van der Waals surface area (Å²) >= 11 is 0. The number of rotatable bonds is 18. The zero-order chi connectivity index (χ0) is 39.5. The fourth-order valence-electron chi connectivity index (χ4n) is 3.59. The number of hydrogen-bond donors (Lipinski definition) is 0. The summed E-state index contributed by atoms with van der Waals surface area (Å²) in [6, 6.07) is 0. The Morgan fingerprint density at radius 1 is 0.373 bits per heavy atom. The maximum absolute atomic E-state index is 11.3. The van der Waals surface area contributed by atoms with Crippen LogP contribution in [-0.2, 0) is 116 Å². The number of aliphatic carboxylic acids is 2. The largest absolute Gasteiger partial charge is 2.00 e. The van der Waals surface area contributed by atoms with Gasteiger partial charge >= 0.3 is 68.8 Å². The standard InChI is InChI=1S/2C14H18O11.Pt/c2*1-6(16)22-10(5-15)11(23-7(2)17)12(24-8(3)18)13(14(20)21)25-9(4)19;/h2*5,10-13H,1-4H3,(H,20,21);/q;;+2/p-2/t2*10-,11+,12-,13-;/m00./s1. The van der Waals surface area contributed by atoms with Gasteiger partial charge in [0.15, 0.2) is 61.4 Å². The van der Waals surface area contributed by atoms with Crippen molar-refractivity contribution < 1.29 is 127 Å². The van der Waals surface area contributed by atoms with Crippen LogP contribution in [0.1, 0.15) is 55.4 Å². The van der Waals surface area contributed by atoms with E-state index < -0.39 is 109 Å². The molecule has 0 saturated carbocycles. The summed E-state index contributed by atoms with van der Waals surface area (Å²) in [5.41, 5.74) is 0. The summed E-state index contributed by atoms with van der Waals surface area (Å²) in [7, 11) is 0. The van der Waals surface area contributed by atoms with Crippen LogP contribution in [0, 0.1) is 0 Å². The first-order chi connectivity index (χ1) is 23.0. The van der Waals surface area contributed by atoms with Crippen molar-refractivity contribution in [2.45, 2.75) is 104 Å². The molecule has 288 valence electrons. The number of carboxylic acid groups (broad SMARTS) is 2. The normalized spacial score (nSPS) is 14.6. The number of carbonyl (C=O) groups is 12. The molecule has 0 bridgehead atoms. The van der Waals surface area contributed by atoms with Gasteiger partial charge in [-0.15, -0.1) is 0 Å². The Morgan fingerprint density at radius 3 is 0.725 bits per heavy atom. The first kappa shape index (κ1) is 50.1. The average molecular weight is 918 g/mol. The second kappa shape index (κ2) is 24.8. The quantitative estimate of drug-likeness (QED) is 0.0708. The van der Waals surface area contributed by atoms with Crippen molar-refractivity contribution in [1.29, 1.82) is 0 Å². The van der Waals surface area contributed by atoms with Crippen LogP contribution in [0.4, 0.5) is 0 Å². The molecule has 51 heavy (non-hydrogen) atoms. The molecule has 0 saturated heterocycles. The van der Waals surface area contributed by atoms with E-state index in [1.165, 1.54) is 0 Å². The first-order valence-electron chi connectivity index (χ1n) is 13.7. The topological polar surface area (TPSA) is 325 Å². The van der Waals surface area contributed by atoms with Crippen LogP contribution >= 0.6 is 0 Å². The SMILES string of the molecule is CC(=O)O[C@@H]([C@H](OC(C)=O)[C@H](OC(C)=O)C(=O)[O-])[C@H](C=O)OC(C)=O.CC(=O)O[C@@H]([C@H](OC(C)=O)[C@H](OC(C)=O)C(=O)[O-])[C@H](C=O)OC(C)=O.[Pt+2]. The molecule has 0 aromatic heterocycles. The van der Waals surface area contributed by atoms with Gasteiger partial charge in [-0.05, 0) is 0 Å². The molecule has 0 rings (SSSR count). The Kier molecular flexibility index (Phi) is 24.4. The van der Waals surface area contributed by atoms with Gasteiger partial charge in [0.05, 0.1) is 11.9 Å². The third-order valence-electron chi connectivity index (χ3n) is 5.02. The Bertz CT molecular complexity index is 1210. The van der Waals surface area contributed by atoms with Gasteiger partial charge in [-0.2, -0.15) is 0 Å². The number of carboxylic acids is 2. The van der Waals surface area contributed by atoms with Gasteiger partial charge in [0.2, 0.25) is 0 Å².